The van der Waals surface area contributed by atoms with Crippen molar-refractivity contribution in [1.82, 2.24) is 9.88 Å². The lowest BCUT2D eigenvalue weighted by Crippen LogP contribution is -2.39. The molecule has 2 bridgehead atoms. The number of hydrogen-bond acceptors (Lipinski definition) is 2. The van der Waals surface area contributed by atoms with Crippen LogP contribution in [0.2, 0.25) is 0 Å². The smallest absolute Gasteiger partial charge is 0.256 e. The number of fused-ring (bicyclic) bond motifs is 3. The molecule has 2 saturated heterocycles. The van der Waals surface area contributed by atoms with Gasteiger partial charge in [0.2, 0.25) is 0 Å². The topological polar surface area (TPSA) is 36.1 Å². The van der Waals surface area contributed by atoms with Gasteiger partial charge in [-0.25, -0.2) is 0 Å². The number of nitrogens with one attached hydrogen (secondary N) is 1. The predicted octanol–water partition coefficient (Wildman–Crippen LogP) is 2.87. The van der Waals surface area contributed by atoms with Crippen molar-refractivity contribution in [2.75, 3.05) is 7.05 Å². The molecule has 20 heavy (non-hydrogen) atoms. The molecule has 0 saturated carbocycles. The summed E-state index contributed by atoms with van der Waals surface area (Å²) in [5.74, 6) is 0.515. The molecule has 3 nitrogen and oxygen atoms in total. The van der Waals surface area contributed by atoms with Crippen LogP contribution in [0.4, 0.5) is 0 Å². The van der Waals surface area contributed by atoms with E-state index < -0.39 is 0 Å². The van der Waals surface area contributed by atoms with Crippen molar-refractivity contribution in [3.05, 3.63) is 46.4 Å². The summed E-state index contributed by atoms with van der Waals surface area (Å²) in [6.07, 6.45) is 4.99. The monoisotopic (exact) mass is 268 g/mol. The van der Waals surface area contributed by atoms with E-state index in [2.05, 4.69) is 23.0 Å². The highest BCUT2D eigenvalue weighted by atomic mass is 16.1. The van der Waals surface area contributed by atoms with Gasteiger partial charge in [0.25, 0.3) is 5.56 Å². The minimum absolute atomic E-state index is 0.0596. The molecule has 1 aromatic heterocycles. The van der Waals surface area contributed by atoms with Crippen LogP contribution >= 0.6 is 0 Å². The van der Waals surface area contributed by atoms with E-state index in [4.69, 9.17) is 0 Å². The maximum atomic E-state index is 12.2. The van der Waals surface area contributed by atoms with Gasteiger partial charge in [-0.2, -0.15) is 0 Å². The second kappa shape index (κ2) is 4.45. The van der Waals surface area contributed by atoms with Crippen LogP contribution in [0.1, 0.15) is 37.3 Å². The first-order valence-electron chi connectivity index (χ1n) is 7.56. The van der Waals surface area contributed by atoms with Gasteiger partial charge in [-0.3, -0.25) is 4.79 Å². The van der Waals surface area contributed by atoms with Crippen molar-refractivity contribution in [1.29, 1.82) is 0 Å². The van der Waals surface area contributed by atoms with Crippen molar-refractivity contribution in [3.8, 4) is 0 Å². The lowest BCUT2D eigenvalue weighted by atomic mass is 9.87. The summed E-state index contributed by atoms with van der Waals surface area (Å²) in [7, 11) is 2.25. The molecule has 3 heteroatoms. The first-order valence-corrected chi connectivity index (χ1v) is 7.56. The van der Waals surface area contributed by atoms with Gasteiger partial charge < -0.3 is 9.88 Å². The minimum Gasteiger partial charge on any atom is -0.325 e. The molecule has 4 rings (SSSR count). The van der Waals surface area contributed by atoms with E-state index in [1.165, 1.54) is 25.7 Å². The van der Waals surface area contributed by atoms with Gasteiger partial charge in [0.1, 0.15) is 0 Å². The fraction of sp³-hybridized carbons (Fsp3) is 0.471. The molecule has 0 aliphatic carbocycles. The quantitative estimate of drug-likeness (QED) is 0.863. The van der Waals surface area contributed by atoms with Crippen LogP contribution in [0.5, 0.6) is 0 Å². The highest BCUT2D eigenvalue weighted by Gasteiger charge is 2.39. The zero-order valence-corrected chi connectivity index (χ0v) is 11.8. The maximum Gasteiger partial charge on any atom is 0.256 e. The lowest BCUT2D eigenvalue weighted by Gasteiger charge is -2.36. The second-order valence-corrected chi connectivity index (χ2v) is 6.36. The highest BCUT2D eigenvalue weighted by molar-refractivity contribution is 5.81. The molecular weight excluding hydrogens is 248 g/mol. The molecule has 2 aromatic rings. The third kappa shape index (κ3) is 1.80. The van der Waals surface area contributed by atoms with Crippen molar-refractivity contribution < 1.29 is 0 Å². The van der Waals surface area contributed by atoms with Gasteiger partial charge in [0, 0.05) is 29.1 Å². The van der Waals surface area contributed by atoms with E-state index in [-0.39, 0.29) is 5.56 Å². The molecule has 0 radical (unpaired) electrons. The molecule has 2 aliphatic rings. The number of aromatic nitrogens is 1. The molecule has 2 atom stereocenters. The maximum absolute atomic E-state index is 12.2. The normalized spacial score (nSPS) is 29.9. The second-order valence-electron chi connectivity index (χ2n) is 6.36. The molecule has 2 unspecified atom stereocenters. The Kier molecular flexibility index (Phi) is 2.71. The number of hydrogen-bond donors (Lipinski definition) is 1. The van der Waals surface area contributed by atoms with Crippen molar-refractivity contribution in [2.45, 2.75) is 43.7 Å². The molecule has 2 fully saturated rings. The van der Waals surface area contributed by atoms with E-state index >= 15 is 0 Å². The van der Waals surface area contributed by atoms with E-state index in [0.717, 1.165) is 16.5 Å². The minimum atomic E-state index is 0.0596. The Bertz CT molecular complexity index is 691. The van der Waals surface area contributed by atoms with Crippen molar-refractivity contribution in [3.63, 3.8) is 0 Å². The molecule has 2 aliphatic heterocycles. The number of pyridine rings is 1. The fourth-order valence-corrected chi connectivity index (χ4v) is 4.12. The van der Waals surface area contributed by atoms with Crippen LogP contribution in [0, 0.1) is 0 Å². The third-order valence-corrected chi connectivity index (χ3v) is 5.31. The average molecular weight is 268 g/mol. The Morgan fingerprint density at radius 3 is 2.60 bits per heavy atom. The first kappa shape index (κ1) is 12.2. The van der Waals surface area contributed by atoms with Gasteiger partial charge in [-0.05, 0) is 50.2 Å². The summed E-state index contributed by atoms with van der Waals surface area (Å²) < 4.78 is 0. The number of H-pyrrole nitrogens is 1. The average Bonchev–Trinajstić information content (AvgIpc) is 2.68. The van der Waals surface area contributed by atoms with Crippen molar-refractivity contribution >= 4 is 10.8 Å². The Morgan fingerprint density at radius 1 is 1.15 bits per heavy atom. The Balaban J connectivity index is 1.74. The summed E-state index contributed by atoms with van der Waals surface area (Å²) in [4.78, 5) is 17.9. The van der Waals surface area contributed by atoms with Crippen LogP contribution < -0.4 is 5.56 Å². The zero-order valence-electron chi connectivity index (χ0n) is 11.8. The highest BCUT2D eigenvalue weighted by Crippen LogP contribution is 2.41. The number of aromatic amines is 1. The van der Waals surface area contributed by atoms with Gasteiger partial charge in [0.05, 0.1) is 0 Å². The third-order valence-electron chi connectivity index (χ3n) is 5.31. The molecule has 0 amide bonds. The largest absolute Gasteiger partial charge is 0.325 e. The number of piperidine rings is 1. The molecule has 104 valence electrons. The number of nitrogens with zero attached hydrogens (tertiary/aromatic N) is 1. The SMILES string of the molecule is CN1C2CCC1CC(c1cc3ccccc3c(=O)[nH]1)C2. The molecule has 0 spiro atoms. The van der Waals surface area contributed by atoms with E-state index in [1.54, 1.807) is 0 Å². The van der Waals surface area contributed by atoms with Gasteiger partial charge in [-0.15, -0.1) is 0 Å². The molecule has 1 N–H and O–H groups in total. The summed E-state index contributed by atoms with van der Waals surface area (Å²) >= 11 is 0. The predicted molar refractivity (Wildman–Crippen MR) is 81.1 cm³/mol. The van der Waals surface area contributed by atoms with Crippen molar-refractivity contribution in [2.24, 2.45) is 0 Å². The summed E-state index contributed by atoms with van der Waals surface area (Å²) in [5, 5.41) is 1.87. The zero-order chi connectivity index (χ0) is 13.7. The molecule has 1 aromatic carbocycles. The lowest BCUT2D eigenvalue weighted by molar-refractivity contribution is 0.160. The number of benzene rings is 1. The number of rotatable bonds is 1. The Labute approximate surface area is 118 Å². The molecular formula is C17H20N2O. The standard InChI is InChI=1S/C17H20N2O/c1-19-13-6-7-14(19)9-12(8-13)16-10-11-4-2-3-5-15(11)17(20)18-16/h2-5,10,12-14H,6-9H2,1H3,(H,18,20). The van der Waals surface area contributed by atoms with Crippen LogP contribution in [0.15, 0.2) is 35.1 Å². The van der Waals surface area contributed by atoms with E-state index in [9.17, 15) is 4.79 Å². The van der Waals surface area contributed by atoms with Gasteiger partial charge in [-0.1, -0.05) is 18.2 Å². The Hall–Kier alpha value is -1.61. The van der Waals surface area contributed by atoms with Crippen LogP contribution in [-0.4, -0.2) is 29.0 Å². The summed E-state index contributed by atoms with van der Waals surface area (Å²) in [6, 6.07) is 11.5. The fourth-order valence-electron chi connectivity index (χ4n) is 4.12. The first-order chi connectivity index (χ1) is 9.72. The molecule has 3 heterocycles. The van der Waals surface area contributed by atoms with Crippen LogP contribution in [0.3, 0.4) is 0 Å². The summed E-state index contributed by atoms with van der Waals surface area (Å²) in [5.41, 5.74) is 1.20. The van der Waals surface area contributed by atoms with Crippen LogP contribution in [-0.2, 0) is 0 Å². The van der Waals surface area contributed by atoms with Crippen LogP contribution in [0.25, 0.3) is 10.8 Å². The Morgan fingerprint density at radius 2 is 1.85 bits per heavy atom. The van der Waals surface area contributed by atoms with E-state index in [0.29, 0.717) is 18.0 Å². The van der Waals surface area contributed by atoms with Gasteiger partial charge in [0.15, 0.2) is 0 Å². The summed E-state index contributed by atoms with van der Waals surface area (Å²) in [6.45, 7) is 0. The van der Waals surface area contributed by atoms with Gasteiger partial charge >= 0.3 is 0 Å². The van der Waals surface area contributed by atoms with E-state index in [1.807, 2.05) is 24.3 Å².